The van der Waals surface area contributed by atoms with E-state index in [2.05, 4.69) is 30.5 Å². The number of aromatic nitrogens is 3. The monoisotopic (exact) mass is 685 g/mol. The number of rotatable bonds is 11. The lowest BCUT2D eigenvalue weighted by Crippen LogP contribution is -2.26. The van der Waals surface area contributed by atoms with Gasteiger partial charge in [-0.3, -0.25) is 4.79 Å². The van der Waals surface area contributed by atoms with Crippen LogP contribution in [0.25, 0.3) is 10.2 Å². The third-order valence-electron chi connectivity index (χ3n) is 5.40. The van der Waals surface area contributed by atoms with Gasteiger partial charge >= 0.3 is 24.3 Å². The fraction of sp³-hybridized carbons (Fsp3) is 0.462. The fourth-order valence-electron chi connectivity index (χ4n) is 3.25. The van der Waals surface area contributed by atoms with Crippen LogP contribution in [0.5, 0.6) is 5.88 Å². The number of nitrogens with one attached hydrogen (secondary N) is 2. The highest BCUT2D eigenvalue weighted by molar-refractivity contribution is 7.20. The Labute approximate surface area is 262 Å². The summed E-state index contributed by atoms with van der Waals surface area (Å²) in [5.41, 5.74) is 7.17. The van der Waals surface area contributed by atoms with Crippen molar-refractivity contribution in [2.45, 2.75) is 45.1 Å². The molecule has 0 aliphatic carbocycles. The smallest absolute Gasteiger partial charge is 0.475 e. The molecular formula is C26H33F6N7O6S. The molecule has 1 atom stereocenters. The molecule has 46 heavy (non-hydrogen) atoms. The Balaban J connectivity index is 0.000000629. The van der Waals surface area contributed by atoms with Gasteiger partial charge < -0.3 is 36.2 Å². The first kappa shape index (κ1) is 39.7. The molecule has 0 fully saturated rings. The number of amides is 1. The van der Waals surface area contributed by atoms with Crippen molar-refractivity contribution in [1.82, 2.24) is 25.2 Å². The molecule has 0 aliphatic heterocycles. The summed E-state index contributed by atoms with van der Waals surface area (Å²) in [6.45, 7) is 5.97. The maximum Gasteiger partial charge on any atom is 0.490 e. The zero-order valence-corrected chi connectivity index (χ0v) is 25.8. The summed E-state index contributed by atoms with van der Waals surface area (Å²) in [6.07, 6.45) is -5.44. The Kier molecular flexibility index (Phi) is 15.5. The highest BCUT2D eigenvalue weighted by atomic mass is 32.1. The average Bonchev–Trinajstić information content (AvgIpc) is 3.29. The van der Waals surface area contributed by atoms with Crippen molar-refractivity contribution < 1.29 is 55.7 Å². The summed E-state index contributed by atoms with van der Waals surface area (Å²) in [6, 6.07) is 3.71. The van der Waals surface area contributed by atoms with Crippen molar-refractivity contribution >= 4 is 50.9 Å². The van der Waals surface area contributed by atoms with Crippen LogP contribution in [0.4, 0.5) is 37.8 Å². The number of thiophene rings is 1. The number of aliphatic carboxylic acids is 2. The molecule has 0 aliphatic rings. The first-order chi connectivity index (χ1) is 21.3. The van der Waals surface area contributed by atoms with Crippen molar-refractivity contribution in [1.29, 1.82) is 0 Å². The number of hydrogen-bond donors (Lipinski definition) is 5. The summed E-state index contributed by atoms with van der Waals surface area (Å²) < 4.78 is 69.4. The van der Waals surface area contributed by atoms with E-state index >= 15 is 0 Å². The summed E-state index contributed by atoms with van der Waals surface area (Å²) in [5.74, 6) is -4.51. The van der Waals surface area contributed by atoms with Crippen LogP contribution in [-0.2, 0) is 9.59 Å². The molecule has 0 spiro atoms. The van der Waals surface area contributed by atoms with Gasteiger partial charge in [-0.2, -0.15) is 26.3 Å². The molecule has 3 aromatic heterocycles. The topological polar surface area (TPSA) is 193 Å². The molecule has 0 saturated heterocycles. The van der Waals surface area contributed by atoms with E-state index in [0.29, 0.717) is 35.4 Å². The number of carbonyl (C=O) groups is 3. The van der Waals surface area contributed by atoms with Gasteiger partial charge in [-0.05, 0) is 71.6 Å². The first-order valence-electron chi connectivity index (χ1n) is 13.2. The van der Waals surface area contributed by atoms with Crippen molar-refractivity contribution in [3.05, 3.63) is 35.1 Å². The van der Waals surface area contributed by atoms with E-state index in [1.165, 1.54) is 17.7 Å². The average molecular weight is 686 g/mol. The number of carboxylic acid groups (broad SMARTS) is 2. The number of pyridine rings is 1. The van der Waals surface area contributed by atoms with E-state index < -0.39 is 24.3 Å². The van der Waals surface area contributed by atoms with Gasteiger partial charge in [0.2, 0.25) is 5.88 Å². The van der Waals surface area contributed by atoms with Crippen LogP contribution in [0.15, 0.2) is 24.7 Å². The predicted octanol–water partition coefficient (Wildman–Crippen LogP) is 4.20. The van der Waals surface area contributed by atoms with Gasteiger partial charge in [-0.25, -0.2) is 24.5 Å². The van der Waals surface area contributed by atoms with Gasteiger partial charge in [0.05, 0.1) is 16.4 Å². The fourth-order valence-corrected chi connectivity index (χ4v) is 4.32. The highest BCUT2D eigenvalue weighted by Crippen LogP contribution is 2.36. The standard InChI is InChI=1S/C22H31N7O2S.2C2HF3O2/c1-14(8-9-23)31-21-16(7-5-10-25-21)28-19-17-15(2)18(32-22(17)27-13-26-19)20(30)24-11-6-12-29(3)4;2*3-2(4,5)1(6)7/h5,7,10,13-14H,6,8-9,11-12,23H2,1-4H3,(H,24,30)(H,26,27,28);2*(H,6,7). The van der Waals surface area contributed by atoms with Gasteiger partial charge in [0, 0.05) is 12.7 Å². The van der Waals surface area contributed by atoms with Crippen molar-refractivity contribution in [2.24, 2.45) is 5.73 Å². The number of alkyl halides is 6. The lowest BCUT2D eigenvalue weighted by molar-refractivity contribution is -0.193. The Bertz CT molecular complexity index is 1430. The lowest BCUT2D eigenvalue weighted by atomic mass is 10.2. The second-order valence-electron chi connectivity index (χ2n) is 9.46. The SMILES string of the molecule is Cc1c(C(=O)NCCCN(C)C)sc2ncnc(Nc3cccnc3OC(C)CCN)c12.O=C(O)C(F)(F)F.O=C(O)C(F)(F)F. The number of nitrogens with two attached hydrogens (primary N) is 1. The van der Waals surface area contributed by atoms with Crippen LogP contribution in [-0.4, -0.2) is 100 Å². The Morgan fingerprint density at radius 2 is 1.65 bits per heavy atom. The molecule has 3 rings (SSSR count). The number of carboxylic acids is 2. The Morgan fingerprint density at radius 3 is 2.17 bits per heavy atom. The number of anilines is 2. The molecule has 1 amide bonds. The van der Waals surface area contributed by atoms with Crippen LogP contribution in [0, 0.1) is 6.92 Å². The van der Waals surface area contributed by atoms with Crippen LogP contribution < -0.4 is 21.1 Å². The number of nitrogens with zero attached hydrogens (tertiary/aromatic N) is 4. The van der Waals surface area contributed by atoms with Crippen LogP contribution in [0.1, 0.15) is 35.0 Å². The molecule has 3 aromatic rings. The predicted molar refractivity (Wildman–Crippen MR) is 156 cm³/mol. The molecule has 20 heteroatoms. The van der Waals surface area contributed by atoms with E-state index in [1.54, 1.807) is 6.20 Å². The molecule has 1 unspecified atom stereocenters. The van der Waals surface area contributed by atoms with Crippen LogP contribution >= 0.6 is 11.3 Å². The summed E-state index contributed by atoms with van der Waals surface area (Å²) >= 11 is 1.37. The third-order valence-corrected chi connectivity index (χ3v) is 6.59. The molecular weight excluding hydrogens is 652 g/mol. The number of ether oxygens (including phenoxy) is 1. The maximum atomic E-state index is 12.8. The lowest BCUT2D eigenvalue weighted by Gasteiger charge is -2.16. The minimum atomic E-state index is -5.08. The van der Waals surface area contributed by atoms with Gasteiger partial charge in [0.15, 0.2) is 0 Å². The van der Waals surface area contributed by atoms with Crippen LogP contribution in [0.3, 0.4) is 0 Å². The van der Waals surface area contributed by atoms with Crippen molar-refractivity contribution in [2.75, 3.05) is 39.0 Å². The first-order valence-corrected chi connectivity index (χ1v) is 14.0. The van der Waals surface area contributed by atoms with Crippen molar-refractivity contribution in [3.63, 3.8) is 0 Å². The zero-order valence-electron chi connectivity index (χ0n) is 25.0. The second kappa shape index (κ2) is 18.0. The van der Waals surface area contributed by atoms with E-state index in [4.69, 9.17) is 30.3 Å². The minimum absolute atomic E-state index is 0.0634. The number of carbonyl (C=O) groups excluding carboxylic acids is 1. The summed E-state index contributed by atoms with van der Waals surface area (Å²) in [7, 11) is 4.03. The van der Waals surface area contributed by atoms with Crippen LogP contribution in [0.2, 0.25) is 0 Å². The molecule has 3 heterocycles. The third kappa shape index (κ3) is 13.4. The molecule has 0 aromatic carbocycles. The van der Waals surface area contributed by atoms with E-state index in [-0.39, 0.29) is 12.0 Å². The Hall–Kier alpha value is -4.30. The molecule has 0 bridgehead atoms. The van der Waals surface area contributed by atoms with Gasteiger partial charge in [0.25, 0.3) is 5.91 Å². The second-order valence-corrected chi connectivity index (χ2v) is 10.5. The Morgan fingerprint density at radius 1 is 1.07 bits per heavy atom. The minimum Gasteiger partial charge on any atom is -0.475 e. The number of halogens is 6. The van der Waals surface area contributed by atoms with Crippen molar-refractivity contribution in [3.8, 4) is 5.88 Å². The van der Waals surface area contributed by atoms with E-state index in [0.717, 1.165) is 35.2 Å². The number of hydrogen-bond acceptors (Lipinski definition) is 11. The maximum absolute atomic E-state index is 12.8. The summed E-state index contributed by atoms with van der Waals surface area (Å²) in [4.78, 5) is 47.2. The van der Waals surface area contributed by atoms with E-state index in [9.17, 15) is 31.1 Å². The molecule has 6 N–H and O–H groups in total. The summed E-state index contributed by atoms with van der Waals surface area (Å²) in [5, 5.41) is 21.4. The molecule has 0 saturated carbocycles. The molecule has 13 nitrogen and oxygen atoms in total. The molecule has 256 valence electrons. The highest BCUT2D eigenvalue weighted by Gasteiger charge is 2.38. The number of aryl methyl sites for hydroxylation is 1. The van der Waals surface area contributed by atoms with Gasteiger partial charge in [0.1, 0.15) is 22.7 Å². The quantitative estimate of drug-likeness (QED) is 0.143. The largest absolute Gasteiger partial charge is 0.490 e. The number of fused-ring (bicyclic) bond motifs is 1. The van der Waals surface area contributed by atoms with E-state index in [1.807, 2.05) is 40.1 Å². The normalized spacial score (nSPS) is 11.9. The molecule has 0 radical (unpaired) electrons. The van der Waals surface area contributed by atoms with Gasteiger partial charge in [-0.15, -0.1) is 11.3 Å². The zero-order chi connectivity index (χ0) is 35.2. The van der Waals surface area contributed by atoms with Gasteiger partial charge in [-0.1, -0.05) is 0 Å².